The molecule has 0 amide bonds. The quantitative estimate of drug-likeness (QED) is 0.404. The van der Waals surface area contributed by atoms with Gasteiger partial charge in [0.1, 0.15) is 0 Å². The first-order chi connectivity index (χ1) is 3.61. The second-order valence-electron chi connectivity index (χ2n) is 2.00. The van der Waals surface area contributed by atoms with Gasteiger partial charge < -0.3 is 6.42 Å². The van der Waals surface area contributed by atoms with E-state index in [-0.39, 0.29) is 32.3 Å². The average molecular weight is 188 g/mol. The molecule has 1 aliphatic carbocycles. The summed E-state index contributed by atoms with van der Waals surface area (Å²) < 4.78 is 34.4. The standard InChI is InChI=1S/C5H6F3.Zn/c6-5(7,8)4-2-1-3-4;/h1,4H,2-3H2;/q-1;. The predicted octanol–water partition coefficient (Wildman–Crippen LogP) is 2.16. The summed E-state index contributed by atoms with van der Waals surface area (Å²) >= 11 is 0. The van der Waals surface area contributed by atoms with E-state index in [9.17, 15) is 13.2 Å². The maximum Gasteiger partial charge on any atom is 0.386 e. The zero-order chi connectivity index (χ0) is 6.20. The Morgan fingerprint density at radius 3 is 1.67 bits per heavy atom. The molecule has 0 spiro atoms. The molecule has 0 N–H and O–H groups in total. The van der Waals surface area contributed by atoms with Crippen LogP contribution >= 0.6 is 0 Å². The smallest absolute Gasteiger partial charge is 0.328 e. The van der Waals surface area contributed by atoms with E-state index in [1.807, 2.05) is 0 Å². The minimum atomic E-state index is -3.94. The van der Waals surface area contributed by atoms with Gasteiger partial charge in [-0.3, -0.25) is 0 Å². The number of hydrogen-bond acceptors (Lipinski definition) is 0. The Hall–Kier alpha value is 0.413. The molecule has 0 aliphatic heterocycles. The first-order valence-corrected chi connectivity index (χ1v) is 2.49. The molecule has 4 heteroatoms. The van der Waals surface area contributed by atoms with Crippen LogP contribution in [0.25, 0.3) is 0 Å². The summed E-state index contributed by atoms with van der Waals surface area (Å²) in [6, 6.07) is 0. The van der Waals surface area contributed by atoms with E-state index >= 15 is 0 Å². The molecule has 9 heavy (non-hydrogen) atoms. The molecule has 0 bridgehead atoms. The van der Waals surface area contributed by atoms with Gasteiger partial charge in [-0.1, -0.05) is 0 Å². The zero-order valence-corrected chi connectivity index (χ0v) is 7.88. The van der Waals surface area contributed by atoms with Gasteiger partial charge >= 0.3 is 6.18 Å². The molecule has 0 heterocycles. The third kappa shape index (κ3) is 2.25. The molecule has 50 valence electrons. The molecular formula is C5H6F3Zn-. The van der Waals surface area contributed by atoms with Crippen molar-refractivity contribution in [2.24, 2.45) is 5.92 Å². The number of rotatable bonds is 0. The minimum absolute atomic E-state index is 0. The zero-order valence-electron chi connectivity index (χ0n) is 4.91. The van der Waals surface area contributed by atoms with Crippen LogP contribution in [-0.4, -0.2) is 6.18 Å². The fraction of sp³-hybridized carbons (Fsp3) is 0.800. The molecular weight excluding hydrogens is 182 g/mol. The summed E-state index contributed by atoms with van der Waals surface area (Å²) in [6.45, 7) is 0. The molecule has 1 fully saturated rings. The Labute approximate surface area is 64.6 Å². The van der Waals surface area contributed by atoms with Crippen molar-refractivity contribution in [3.05, 3.63) is 6.42 Å². The molecule has 0 aromatic heterocycles. The van der Waals surface area contributed by atoms with Gasteiger partial charge in [0.25, 0.3) is 0 Å². The van der Waals surface area contributed by atoms with Crippen LogP contribution in [0.1, 0.15) is 12.8 Å². The molecule has 0 unspecified atom stereocenters. The van der Waals surface area contributed by atoms with Gasteiger partial charge in [-0.2, -0.15) is 26.0 Å². The molecule has 0 aromatic rings. The largest absolute Gasteiger partial charge is 0.386 e. The fourth-order valence-electron chi connectivity index (χ4n) is 0.601. The van der Waals surface area contributed by atoms with Crippen LogP contribution in [0.5, 0.6) is 0 Å². The molecule has 0 saturated heterocycles. The van der Waals surface area contributed by atoms with E-state index in [2.05, 4.69) is 0 Å². The van der Waals surface area contributed by atoms with Crippen LogP contribution in [0.15, 0.2) is 0 Å². The Morgan fingerprint density at radius 1 is 1.22 bits per heavy atom. The Bertz CT molecular complexity index is 84.7. The third-order valence-electron chi connectivity index (χ3n) is 1.37. The van der Waals surface area contributed by atoms with Crippen molar-refractivity contribution in [2.75, 3.05) is 0 Å². The van der Waals surface area contributed by atoms with Gasteiger partial charge in [0.2, 0.25) is 0 Å². The van der Waals surface area contributed by atoms with Crippen LogP contribution in [0, 0.1) is 12.3 Å². The van der Waals surface area contributed by atoms with Crippen LogP contribution in [-0.2, 0) is 19.5 Å². The molecule has 0 nitrogen and oxygen atoms in total. The summed E-state index contributed by atoms with van der Waals surface area (Å²) in [5, 5.41) is 0. The summed E-state index contributed by atoms with van der Waals surface area (Å²) in [5.41, 5.74) is 0. The summed E-state index contributed by atoms with van der Waals surface area (Å²) in [7, 11) is 0. The van der Waals surface area contributed by atoms with Crippen LogP contribution in [0.2, 0.25) is 0 Å². The van der Waals surface area contributed by atoms with Crippen molar-refractivity contribution >= 4 is 0 Å². The second-order valence-corrected chi connectivity index (χ2v) is 2.00. The van der Waals surface area contributed by atoms with E-state index in [0.717, 1.165) is 0 Å². The number of hydrogen-bond donors (Lipinski definition) is 0. The van der Waals surface area contributed by atoms with Gasteiger partial charge in [0, 0.05) is 25.4 Å². The van der Waals surface area contributed by atoms with E-state index < -0.39 is 12.1 Å². The van der Waals surface area contributed by atoms with Crippen molar-refractivity contribution < 1.29 is 32.6 Å². The van der Waals surface area contributed by atoms with Crippen LogP contribution < -0.4 is 0 Å². The Balaban J connectivity index is 0.000000640. The number of halogens is 3. The van der Waals surface area contributed by atoms with Gasteiger partial charge in [-0.05, 0) is 0 Å². The van der Waals surface area contributed by atoms with Crippen molar-refractivity contribution in [1.82, 2.24) is 0 Å². The molecule has 0 radical (unpaired) electrons. The topological polar surface area (TPSA) is 0 Å². The first kappa shape index (κ1) is 9.41. The second kappa shape index (κ2) is 3.00. The monoisotopic (exact) mass is 187 g/mol. The molecule has 0 aromatic carbocycles. The molecule has 1 rings (SSSR count). The molecule has 1 saturated carbocycles. The van der Waals surface area contributed by atoms with Crippen molar-refractivity contribution in [2.45, 2.75) is 19.0 Å². The fourth-order valence-corrected chi connectivity index (χ4v) is 0.601. The predicted molar refractivity (Wildman–Crippen MR) is 23.1 cm³/mol. The van der Waals surface area contributed by atoms with E-state index in [0.29, 0.717) is 0 Å². The summed E-state index contributed by atoms with van der Waals surface area (Å²) in [5.74, 6) is -1.03. The summed E-state index contributed by atoms with van der Waals surface area (Å²) in [4.78, 5) is 0. The van der Waals surface area contributed by atoms with Crippen molar-refractivity contribution in [3.63, 3.8) is 0 Å². The van der Waals surface area contributed by atoms with E-state index in [4.69, 9.17) is 0 Å². The van der Waals surface area contributed by atoms with Crippen molar-refractivity contribution in [1.29, 1.82) is 0 Å². The normalized spacial score (nSPS) is 20.3. The SMILES string of the molecule is FC(F)(F)C1C[CH-]C1.[Zn]. The van der Waals surface area contributed by atoms with Gasteiger partial charge in [0.05, 0.1) is 0 Å². The van der Waals surface area contributed by atoms with Crippen molar-refractivity contribution in [3.8, 4) is 0 Å². The van der Waals surface area contributed by atoms with Gasteiger partial charge in [0.15, 0.2) is 0 Å². The minimum Gasteiger partial charge on any atom is -0.328 e. The average Bonchev–Trinajstić information content (AvgIpc) is 1.16. The number of alkyl halides is 3. The van der Waals surface area contributed by atoms with E-state index in [1.54, 1.807) is 6.42 Å². The van der Waals surface area contributed by atoms with Crippen LogP contribution in [0.4, 0.5) is 13.2 Å². The van der Waals surface area contributed by atoms with Gasteiger partial charge in [-0.15, -0.1) is 0 Å². The maximum atomic E-state index is 11.5. The molecule has 1 aliphatic rings. The maximum absolute atomic E-state index is 11.5. The van der Waals surface area contributed by atoms with E-state index in [1.165, 1.54) is 0 Å². The third-order valence-corrected chi connectivity index (χ3v) is 1.37. The van der Waals surface area contributed by atoms with Gasteiger partial charge in [-0.25, -0.2) is 0 Å². The Kier molecular flexibility index (Phi) is 3.14. The Morgan fingerprint density at radius 2 is 1.67 bits per heavy atom. The van der Waals surface area contributed by atoms with Crippen LogP contribution in [0.3, 0.4) is 0 Å². The summed E-state index contributed by atoms with van der Waals surface area (Å²) in [6.07, 6.45) is -1.83. The molecule has 0 atom stereocenters. The first-order valence-electron chi connectivity index (χ1n) is 2.49.